The Labute approximate surface area is 150 Å². The van der Waals surface area contributed by atoms with Crippen LogP contribution in [0.15, 0.2) is 39.2 Å². The van der Waals surface area contributed by atoms with Crippen LogP contribution in [0, 0.1) is 0 Å². The number of aromatic nitrogens is 1. The van der Waals surface area contributed by atoms with Gasteiger partial charge in [0.15, 0.2) is 5.96 Å². The lowest BCUT2D eigenvalue weighted by atomic mass is 9.92. The molecule has 2 aromatic heterocycles. The van der Waals surface area contributed by atoms with Crippen molar-refractivity contribution in [3.63, 3.8) is 0 Å². The highest BCUT2D eigenvalue weighted by atomic mass is 79.9. The molecule has 1 aliphatic heterocycles. The van der Waals surface area contributed by atoms with Crippen LogP contribution < -0.4 is 16.4 Å². The minimum absolute atomic E-state index is 0.0634. The fraction of sp³-hybridized carbons (Fsp3) is 0.200. The third-order valence-electron chi connectivity index (χ3n) is 3.51. The van der Waals surface area contributed by atoms with Gasteiger partial charge in [0.2, 0.25) is 5.91 Å². The Morgan fingerprint density at radius 2 is 2.25 bits per heavy atom. The fourth-order valence-electron chi connectivity index (χ4n) is 2.41. The predicted molar refractivity (Wildman–Crippen MR) is 95.9 cm³/mol. The first-order valence-corrected chi connectivity index (χ1v) is 8.65. The van der Waals surface area contributed by atoms with E-state index in [9.17, 15) is 9.59 Å². The number of pyridine rings is 1. The van der Waals surface area contributed by atoms with Gasteiger partial charge in [-0.2, -0.15) is 0 Å². The first-order valence-electron chi connectivity index (χ1n) is 7.04. The number of hydrogen-bond donors (Lipinski definition) is 3. The van der Waals surface area contributed by atoms with Crippen LogP contribution >= 0.6 is 27.3 Å². The van der Waals surface area contributed by atoms with Gasteiger partial charge in [-0.05, 0) is 47.1 Å². The van der Waals surface area contributed by atoms with Gasteiger partial charge in [0.25, 0.3) is 5.91 Å². The largest absolute Gasteiger partial charge is 0.370 e. The van der Waals surface area contributed by atoms with Crippen LogP contribution in [-0.4, -0.2) is 22.8 Å². The van der Waals surface area contributed by atoms with E-state index >= 15 is 0 Å². The Hall–Kier alpha value is -2.26. The second-order valence-electron chi connectivity index (χ2n) is 5.48. The average Bonchev–Trinajstić information content (AvgIpc) is 2.93. The third kappa shape index (κ3) is 3.46. The first-order chi connectivity index (χ1) is 11.4. The summed E-state index contributed by atoms with van der Waals surface area (Å²) in [6.07, 6.45) is 1.70. The Morgan fingerprint density at radius 3 is 2.92 bits per heavy atom. The number of thiophene rings is 1. The van der Waals surface area contributed by atoms with E-state index in [1.165, 1.54) is 11.3 Å². The molecule has 0 saturated heterocycles. The number of guanidine groups is 1. The zero-order chi connectivity index (χ0) is 17.3. The van der Waals surface area contributed by atoms with Gasteiger partial charge in [-0.25, -0.2) is 4.99 Å². The summed E-state index contributed by atoms with van der Waals surface area (Å²) in [7, 11) is 0. The molecule has 2 aromatic rings. The first kappa shape index (κ1) is 16.6. The zero-order valence-electron chi connectivity index (χ0n) is 12.7. The van der Waals surface area contributed by atoms with Gasteiger partial charge in [0.05, 0.1) is 20.8 Å². The normalized spacial score (nSPS) is 20.2. The number of carbonyl (C=O) groups excluding carboxylic acids is 2. The van der Waals surface area contributed by atoms with Gasteiger partial charge in [0.1, 0.15) is 5.54 Å². The molecule has 1 aliphatic rings. The molecule has 0 spiro atoms. The number of amides is 2. The van der Waals surface area contributed by atoms with E-state index in [0.717, 1.165) is 3.79 Å². The van der Waals surface area contributed by atoms with Crippen molar-refractivity contribution in [3.8, 4) is 0 Å². The van der Waals surface area contributed by atoms with Gasteiger partial charge >= 0.3 is 0 Å². The highest BCUT2D eigenvalue weighted by Crippen LogP contribution is 2.31. The van der Waals surface area contributed by atoms with Gasteiger partial charge < -0.3 is 11.1 Å². The summed E-state index contributed by atoms with van der Waals surface area (Å²) in [4.78, 5) is 33.2. The van der Waals surface area contributed by atoms with E-state index in [-0.39, 0.29) is 24.2 Å². The fourth-order valence-corrected chi connectivity index (χ4v) is 3.69. The number of anilines is 1. The van der Waals surface area contributed by atoms with E-state index in [4.69, 9.17) is 5.73 Å². The maximum absolute atomic E-state index is 12.2. The summed E-state index contributed by atoms with van der Waals surface area (Å²) in [5.74, 6) is -0.365. The molecule has 0 radical (unpaired) electrons. The molecule has 0 aromatic carbocycles. The molecular weight excluding hydrogens is 394 g/mol. The summed E-state index contributed by atoms with van der Waals surface area (Å²) in [5, 5.41) is 5.28. The molecule has 24 heavy (non-hydrogen) atoms. The number of hydrogen-bond acceptors (Lipinski definition) is 6. The molecule has 3 heterocycles. The predicted octanol–water partition coefficient (Wildman–Crippen LogP) is 2.21. The molecule has 9 heteroatoms. The summed E-state index contributed by atoms with van der Waals surface area (Å²) < 4.78 is 0.883. The monoisotopic (exact) mass is 407 g/mol. The van der Waals surface area contributed by atoms with Crippen LogP contribution in [0.5, 0.6) is 0 Å². The second kappa shape index (κ2) is 6.33. The number of nitrogens with one attached hydrogen (secondary N) is 2. The number of nitrogens with zero attached hydrogens (tertiary/aromatic N) is 2. The van der Waals surface area contributed by atoms with Crippen molar-refractivity contribution < 1.29 is 9.59 Å². The molecule has 3 rings (SSSR count). The molecule has 0 bridgehead atoms. The standard InChI is InChI=1S/C15H14BrN5O2S/c1-15(7-12(22)20-14(17)21-15)10-6-8(4-5-18-10)19-13(23)9-2-3-11(16)24-9/h2-6H,7H2,1H3,(H,18,19,23)(H3,17,20,21,22). The summed E-state index contributed by atoms with van der Waals surface area (Å²) in [6, 6.07) is 6.94. The van der Waals surface area contributed by atoms with Crippen LogP contribution in [0.3, 0.4) is 0 Å². The Balaban J connectivity index is 1.85. The number of carbonyl (C=O) groups is 2. The minimum Gasteiger partial charge on any atom is -0.370 e. The van der Waals surface area contributed by atoms with Crippen molar-refractivity contribution in [2.24, 2.45) is 10.7 Å². The molecule has 4 N–H and O–H groups in total. The van der Waals surface area contributed by atoms with Crippen LogP contribution in [-0.2, 0) is 10.3 Å². The molecule has 0 aliphatic carbocycles. The van der Waals surface area contributed by atoms with Crippen molar-refractivity contribution in [3.05, 3.63) is 44.8 Å². The molecule has 7 nitrogen and oxygen atoms in total. The van der Waals surface area contributed by atoms with Gasteiger partial charge in [-0.15, -0.1) is 11.3 Å². The summed E-state index contributed by atoms with van der Waals surface area (Å²) in [5.41, 5.74) is 5.93. The quantitative estimate of drug-likeness (QED) is 0.723. The van der Waals surface area contributed by atoms with Crippen LogP contribution in [0.4, 0.5) is 5.69 Å². The second-order valence-corrected chi connectivity index (χ2v) is 7.95. The summed E-state index contributed by atoms with van der Waals surface area (Å²) in [6.45, 7) is 1.78. The van der Waals surface area contributed by atoms with E-state index in [1.54, 1.807) is 31.3 Å². The van der Waals surface area contributed by atoms with Crippen molar-refractivity contribution in [1.29, 1.82) is 0 Å². The maximum atomic E-state index is 12.2. The van der Waals surface area contributed by atoms with Crippen LogP contribution in [0.2, 0.25) is 0 Å². The zero-order valence-corrected chi connectivity index (χ0v) is 15.1. The maximum Gasteiger partial charge on any atom is 0.265 e. The van der Waals surface area contributed by atoms with Gasteiger partial charge in [0, 0.05) is 11.9 Å². The minimum atomic E-state index is -0.862. The van der Waals surface area contributed by atoms with E-state index in [1.807, 2.05) is 6.07 Å². The molecule has 124 valence electrons. The highest BCUT2D eigenvalue weighted by Gasteiger charge is 2.34. The van der Waals surface area contributed by atoms with Crippen molar-refractivity contribution in [2.75, 3.05) is 5.32 Å². The van der Waals surface area contributed by atoms with Crippen molar-refractivity contribution >= 4 is 50.7 Å². The number of rotatable bonds is 3. The Kier molecular flexibility index (Phi) is 4.37. The molecule has 1 unspecified atom stereocenters. The SMILES string of the molecule is CC1(c2cc(NC(=O)c3ccc(Br)s3)ccn2)CC(=O)NC(N)=N1. The lowest BCUT2D eigenvalue weighted by Gasteiger charge is -2.28. The topological polar surface area (TPSA) is 109 Å². The molecule has 0 saturated carbocycles. The third-order valence-corrected chi connectivity index (χ3v) is 5.13. The highest BCUT2D eigenvalue weighted by molar-refractivity contribution is 9.11. The lowest BCUT2D eigenvalue weighted by Crippen LogP contribution is -2.46. The average molecular weight is 408 g/mol. The van der Waals surface area contributed by atoms with Crippen LogP contribution in [0.25, 0.3) is 0 Å². The molecule has 2 amide bonds. The smallest absolute Gasteiger partial charge is 0.265 e. The van der Waals surface area contributed by atoms with Crippen molar-refractivity contribution in [2.45, 2.75) is 18.9 Å². The number of halogens is 1. The van der Waals surface area contributed by atoms with E-state index in [2.05, 4.69) is 36.5 Å². The Bertz CT molecular complexity index is 850. The Morgan fingerprint density at radius 1 is 1.46 bits per heavy atom. The number of nitrogens with two attached hydrogens (primary N) is 1. The van der Waals surface area contributed by atoms with Gasteiger partial charge in [-0.1, -0.05) is 0 Å². The van der Waals surface area contributed by atoms with Gasteiger partial charge in [-0.3, -0.25) is 19.9 Å². The lowest BCUT2D eigenvalue weighted by molar-refractivity contribution is -0.121. The van der Waals surface area contributed by atoms with Crippen molar-refractivity contribution in [1.82, 2.24) is 10.3 Å². The number of aliphatic imine (C=N–C) groups is 1. The molecule has 1 atom stereocenters. The van der Waals surface area contributed by atoms with E-state index in [0.29, 0.717) is 16.3 Å². The van der Waals surface area contributed by atoms with E-state index < -0.39 is 5.54 Å². The summed E-state index contributed by atoms with van der Waals surface area (Å²) >= 11 is 4.68. The van der Waals surface area contributed by atoms with Crippen LogP contribution in [0.1, 0.15) is 28.7 Å². The molecule has 0 fully saturated rings. The molecular formula is C15H14BrN5O2S.